The van der Waals surface area contributed by atoms with E-state index in [2.05, 4.69) is 34.1 Å². The van der Waals surface area contributed by atoms with Crippen LogP contribution in [0.1, 0.15) is 69.4 Å². The molecule has 1 aliphatic carbocycles. The average molecular weight is 454 g/mol. The zero-order valence-electron chi connectivity index (χ0n) is 20.1. The Morgan fingerprint density at radius 2 is 1.67 bits per heavy atom. The minimum Gasteiger partial charge on any atom is -0.450 e. The van der Waals surface area contributed by atoms with Gasteiger partial charge in [-0.25, -0.2) is 4.79 Å². The Labute approximate surface area is 198 Å². The minimum atomic E-state index is -0.167. The third-order valence-electron chi connectivity index (χ3n) is 8.72. The lowest BCUT2D eigenvalue weighted by atomic mass is 9.68. The fourth-order valence-corrected chi connectivity index (χ4v) is 6.85. The van der Waals surface area contributed by atoms with Crippen molar-refractivity contribution in [3.63, 3.8) is 0 Å². The number of nitrogens with zero attached hydrogens (tertiary/aromatic N) is 3. The van der Waals surface area contributed by atoms with Crippen molar-refractivity contribution in [2.24, 2.45) is 5.92 Å². The van der Waals surface area contributed by atoms with Crippen molar-refractivity contribution in [1.29, 1.82) is 0 Å². The van der Waals surface area contributed by atoms with Crippen LogP contribution >= 0.6 is 0 Å². The minimum absolute atomic E-state index is 0.0885. The smallest absolute Gasteiger partial charge is 0.409 e. The molecule has 180 valence electrons. The summed E-state index contributed by atoms with van der Waals surface area (Å²) in [4.78, 5) is 32.1. The summed E-state index contributed by atoms with van der Waals surface area (Å²) in [5.74, 6) is 0.645. The highest BCUT2D eigenvalue weighted by Crippen LogP contribution is 2.43. The lowest BCUT2D eigenvalue weighted by molar-refractivity contribution is -0.138. The van der Waals surface area contributed by atoms with Crippen LogP contribution in [0, 0.1) is 5.92 Å². The Morgan fingerprint density at radius 1 is 0.970 bits per heavy atom. The molecule has 2 amide bonds. The van der Waals surface area contributed by atoms with E-state index in [1.54, 1.807) is 0 Å². The summed E-state index contributed by atoms with van der Waals surface area (Å²) in [5, 5.41) is 0. The number of likely N-dealkylation sites (tertiary alicyclic amines) is 2. The number of benzene rings is 1. The topological polar surface area (TPSA) is 53.1 Å². The molecular formula is C27H39N3O3. The summed E-state index contributed by atoms with van der Waals surface area (Å²) in [6, 6.07) is 9.40. The first kappa shape index (κ1) is 22.7. The maximum Gasteiger partial charge on any atom is 0.409 e. The van der Waals surface area contributed by atoms with Gasteiger partial charge in [-0.2, -0.15) is 0 Å². The van der Waals surface area contributed by atoms with E-state index in [4.69, 9.17) is 4.74 Å². The van der Waals surface area contributed by atoms with Crippen molar-refractivity contribution in [3.8, 4) is 0 Å². The molecule has 3 aliphatic heterocycles. The summed E-state index contributed by atoms with van der Waals surface area (Å²) in [6.45, 7) is 7.69. The molecule has 0 radical (unpaired) electrons. The zero-order valence-corrected chi connectivity index (χ0v) is 20.1. The van der Waals surface area contributed by atoms with Crippen molar-refractivity contribution >= 4 is 12.0 Å². The van der Waals surface area contributed by atoms with Crippen molar-refractivity contribution in [3.05, 3.63) is 35.4 Å². The van der Waals surface area contributed by atoms with Gasteiger partial charge in [0.2, 0.25) is 5.91 Å². The second kappa shape index (κ2) is 9.65. The van der Waals surface area contributed by atoms with Crippen LogP contribution < -0.4 is 0 Å². The number of ether oxygens (including phenoxy) is 1. The molecule has 0 atom stereocenters. The molecule has 2 saturated heterocycles. The van der Waals surface area contributed by atoms with Gasteiger partial charge in [-0.1, -0.05) is 37.1 Å². The van der Waals surface area contributed by atoms with E-state index in [0.29, 0.717) is 18.6 Å². The van der Waals surface area contributed by atoms with Gasteiger partial charge in [-0.05, 0) is 69.7 Å². The van der Waals surface area contributed by atoms with Gasteiger partial charge < -0.3 is 19.4 Å². The quantitative estimate of drug-likeness (QED) is 0.689. The van der Waals surface area contributed by atoms with Gasteiger partial charge in [0.15, 0.2) is 0 Å². The van der Waals surface area contributed by atoms with Crippen molar-refractivity contribution in [2.75, 3.05) is 39.3 Å². The molecule has 1 spiro atoms. The Bertz CT molecular complexity index is 850. The highest BCUT2D eigenvalue weighted by molar-refractivity contribution is 5.79. The zero-order chi connectivity index (χ0) is 22.8. The highest BCUT2D eigenvalue weighted by Gasteiger charge is 2.45. The van der Waals surface area contributed by atoms with E-state index in [1.165, 1.54) is 24.0 Å². The molecule has 33 heavy (non-hydrogen) atoms. The molecule has 1 saturated carbocycles. The molecule has 5 rings (SSSR count). The second-order valence-electron chi connectivity index (χ2n) is 10.6. The van der Waals surface area contributed by atoms with Gasteiger partial charge in [0, 0.05) is 43.6 Å². The maximum absolute atomic E-state index is 13.4. The molecule has 3 fully saturated rings. The number of piperidine rings is 2. The number of carbonyl (C=O) groups is 2. The Balaban J connectivity index is 1.25. The highest BCUT2D eigenvalue weighted by atomic mass is 16.6. The van der Waals surface area contributed by atoms with Crippen LogP contribution in [0.15, 0.2) is 24.3 Å². The van der Waals surface area contributed by atoms with E-state index in [1.807, 2.05) is 11.8 Å². The number of rotatable bonds is 3. The monoisotopic (exact) mass is 453 g/mol. The average Bonchev–Trinajstić information content (AvgIpc) is 3.39. The third kappa shape index (κ3) is 4.51. The van der Waals surface area contributed by atoms with Crippen molar-refractivity contribution in [2.45, 2.75) is 76.3 Å². The Kier molecular flexibility index (Phi) is 6.64. The number of fused-ring (bicyclic) bond motifs is 2. The van der Waals surface area contributed by atoms with Gasteiger partial charge >= 0.3 is 6.09 Å². The first-order chi connectivity index (χ1) is 16.1. The van der Waals surface area contributed by atoms with E-state index in [0.717, 1.165) is 77.8 Å². The third-order valence-corrected chi connectivity index (χ3v) is 8.72. The molecule has 6 nitrogen and oxygen atoms in total. The van der Waals surface area contributed by atoms with E-state index in [-0.39, 0.29) is 17.4 Å². The van der Waals surface area contributed by atoms with Crippen molar-refractivity contribution < 1.29 is 14.3 Å². The first-order valence-corrected chi connectivity index (χ1v) is 13.1. The number of amides is 2. The summed E-state index contributed by atoms with van der Waals surface area (Å²) in [7, 11) is 0. The van der Waals surface area contributed by atoms with E-state index >= 15 is 0 Å². The molecule has 0 unspecified atom stereocenters. The summed E-state index contributed by atoms with van der Waals surface area (Å²) in [5.41, 5.74) is 2.93. The molecule has 0 N–H and O–H groups in total. The van der Waals surface area contributed by atoms with Gasteiger partial charge in [0.25, 0.3) is 0 Å². The predicted molar refractivity (Wildman–Crippen MR) is 128 cm³/mol. The SMILES string of the molecule is CCOC(=O)N1CCC(N2CCC3(CC2)CN(C(=O)C2CCCC2)Cc2ccccc23)CC1. The lowest BCUT2D eigenvalue weighted by Crippen LogP contribution is -2.56. The summed E-state index contributed by atoms with van der Waals surface area (Å²) in [6.07, 6.45) is 8.65. The molecular weight excluding hydrogens is 414 g/mol. The molecule has 1 aromatic rings. The summed E-state index contributed by atoms with van der Waals surface area (Å²) >= 11 is 0. The normalized spacial score (nSPS) is 24.2. The van der Waals surface area contributed by atoms with Crippen LogP contribution in [0.25, 0.3) is 0 Å². The van der Waals surface area contributed by atoms with Crippen LogP contribution in [0.4, 0.5) is 4.79 Å². The standard InChI is InChI=1S/C27H39N3O3/c1-2-33-26(32)29-15-11-23(12-16-29)28-17-13-27(14-18-28)20-30(25(31)21-7-3-4-8-21)19-22-9-5-6-10-24(22)27/h5-6,9-10,21,23H,2-4,7-8,11-20H2,1H3. The molecule has 4 aliphatic rings. The number of hydrogen-bond donors (Lipinski definition) is 0. The molecule has 3 heterocycles. The maximum atomic E-state index is 13.4. The van der Waals surface area contributed by atoms with Gasteiger partial charge in [0.05, 0.1) is 6.61 Å². The number of carbonyl (C=O) groups excluding carboxylic acids is 2. The predicted octanol–water partition coefficient (Wildman–Crippen LogP) is 4.17. The van der Waals surface area contributed by atoms with Gasteiger partial charge in [-0.15, -0.1) is 0 Å². The van der Waals surface area contributed by atoms with Crippen LogP contribution in [-0.2, 0) is 21.5 Å². The largest absolute Gasteiger partial charge is 0.450 e. The molecule has 1 aromatic carbocycles. The lowest BCUT2D eigenvalue weighted by Gasteiger charge is -2.51. The van der Waals surface area contributed by atoms with Crippen molar-refractivity contribution in [1.82, 2.24) is 14.7 Å². The fraction of sp³-hybridized carbons (Fsp3) is 0.704. The Morgan fingerprint density at radius 3 is 2.36 bits per heavy atom. The molecule has 0 bridgehead atoms. The van der Waals surface area contributed by atoms with Gasteiger partial charge in [-0.3, -0.25) is 4.79 Å². The first-order valence-electron chi connectivity index (χ1n) is 13.1. The second-order valence-corrected chi connectivity index (χ2v) is 10.6. The van der Waals surface area contributed by atoms with Crippen LogP contribution in [0.3, 0.4) is 0 Å². The van der Waals surface area contributed by atoms with Crippen LogP contribution in [-0.4, -0.2) is 72.1 Å². The fourth-order valence-electron chi connectivity index (χ4n) is 6.85. The van der Waals surface area contributed by atoms with Crippen LogP contribution in [0.2, 0.25) is 0 Å². The van der Waals surface area contributed by atoms with Gasteiger partial charge in [0.1, 0.15) is 0 Å². The molecule has 6 heteroatoms. The van der Waals surface area contributed by atoms with E-state index < -0.39 is 0 Å². The van der Waals surface area contributed by atoms with E-state index in [9.17, 15) is 9.59 Å². The summed E-state index contributed by atoms with van der Waals surface area (Å²) < 4.78 is 5.18. The Hall–Kier alpha value is -2.08. The number of hydrogen-bond acceptors (Lipinski definition) is 4. The molecule has 0 aromatic heterocycles. The van der Waals surface area contributed by atoms with Crippen LogP contribution in [0.5, 0.6) is 0 Å².